The van der Waals surface area contributed by atoms with Gasteiger partial charge in [0.25, 0.3) is 5.91 Å². The third-order valence-electron chi connectivity index (χ3n) is 4.29. The Labute approximate surface area is 157 Å². The molecule has 1 aliphatic heterocycles. The number of morpholine rings is 1. The van der Waals surface area contributed by atoms with Crippen molar-refractivity contribution >= 4 is 23.2 Å². The molecule has 1 N–H and O–H groups in total. The lowest BCUT2D eigenvalue weighted by Crippen LogP contribution is -2.42. The molecule has 1 aromatic carbocycles. The van der Waals surface area contributed by atoms with Crippen LogP contribution in [0, 0.1) is 6.92 Å². The molecule has 1 saturated heterocycles. The first-order valence-corrected chi connectivity index (χ1v) is 9.35. The molecule has 1 fully saturated rings. The maximum absolute atomic E-state index is 12.8. The van der Waals surface area contributed by atoms with Crippen molar-refractivity contribution in [3.05, 3.63) is 69.9 Å². The summed E-state index contributed by atoms with van der Waals surface area (Å²) in [6.07, 6.45) is 1.18. The predicted octanol–water partition coefficient (Wildman–Crippen LogP) is 3.07. The largest absolute Gasteiger partial charge is 0.369 e. The normalized spacial score (nSPS) is 17.0. The molecule has 26 heavy (non-hydrogen) atoms. The highest BCUT2D eigenvalue weighted by Crippen LogP contribution is 2.29. The monoisotopic (exact) mass is 370 g/mol. The van der Waals surface area contributed by atoms with E-state index in [2.05, 4.69) is 31.0 Å². The Kier molecular flexibility index (Phi) is 5.85. The second-order valence-electron chi connectivity index (χ2n) is 6.18. The molecule has 0 saturated carbocycles. The standard InChI is InChI=1S/C20H22N2O3S/c1-3-19(23)21-12-15-5-7-16(8-6-15)20(24)22-10-11-25-17(13-22)18-9-4-14(2)26-18/h3-9,17H,1,10-13H2,2H3,(H,21,23). The molecule has 0 spiro atoms. The quantitative estimate of drug-likeness (QED) is 0.823. The highest BCUT2D eigenvalue weighted by molar-refractivity contribution is 7.12. The van der Waals surface area contributed by atoms with Gasteiger partial charge in [-0.3, -0.25) is 9.59 Å². The van der Waals surface area contributed by atoms with E-state index >= 15 is 0 Å². The Bertz CT molecular complexity index is 798. The van der Waals surface area contributed by atoms with E-state index in [1.807, 2.05) is 17.0 Å². The van der Waals surface area contributed by atoms with Crippen LogP contribution in [-0.4, -0.2) is 36.4 Å². The van der Waals surface area contributed by atoms with Crippen molar-refractivity contribution in [1.82, 2.24) is 10.2 Å². The molecule has 5 nitrogen and oxygen atoms in total. The van der Waals surface area contributed by atoms with Crippen molar-refractivity contribution in [1.29, 1.82) is 0 Å². The molecule has 3 rings (SSSR count). The Morgan fingerprint density at radius 3 is 2.73 bits per heavy atom. The van der Waals surface area contributed by atoms with Crippen molar-refractivity contribution in [3.63, 3.8) is 0 Å². The maximum Gasteiger partial charge on any atom is 0.254 e. The van der Waals surface area contributed by atoms with Crippen LogP contribution in [0.15, 0.2) is 49.1 Å². The molecule has 6 heteroatoms. The van der Waals surface area contributed by atoms with Gasteiger partial charge in [0.05, 0.1) is 13.2 Å². The molecule has 0 aliphatic carbocycles. The number of ether oxygens (including phenoxy) is 1. The van der Waals surface area contributed by atoms with E-state index in [1.165, 1.54) is 11.0 Å². The van der Waals surface area contributed by atoms with Crippen molar-refractivity contribution in [2.45, 2.75) is 19.6 Å². The van der Waals surface area contributed by atoms with Gasteiger partial charge in [0.2, 0.25) is 5.91 Å². The molecule has 2 aromatic rings. The number of carbonyl (C=O) groups excluding carboxylic acids is 2. The van der Waals surface area contributed by atoms with Crippen LogP contribution in [-0.2, 0) is 16.1 Å². The maximum atomic E-state index is 12.8. The smallest absolute Gasteiger partial charge is 0.254 e. The topological polar surface area (TPSA) is 58.6 Å². The van der Waals surface area contributed by atoms with Gasteiger partial charge in [0.15, 0.2) is 0 Å². The molecular formula is C20H22N2O3S. The summed E-state index contributed by atoms with van der Waals surface area (Å²) >= 11 is 1.71. The van der Waals surface area contributed by atoms with Gasteiger partial charge in [-0.1, -0.05) is 18.7 Å². The van der Waals surface area contributed by atoms with E-state index in [0.717, 1.165) is 10.4 Å². The fourth-order valence-corrected chi connectivity index (χ4v) is 3.76. The summed E-state index contributed by atoms with van der Waals surface area (Å²) in [7, 11) is 0. The van der Waals surface area contributed by atoms with Crippen LogP contribution in [0.3, 0.4) is 0 Å². The molecule has 0 bridgehead atoms. The summed E-state index contributed by atoms with van der Waals surface area (Å²) in [6.45, 7) is 7.60. The number of nitrogens with zero attached hydrogens (tertiary/aromatic N) is 1. The second kappa shape index (κ2) is 8.29. The lowest BCUT2D eigenvalue weighted by Gasteiger charge is -2.32. The minimum Gasteiger partial charge on any atom is -0.369 e. The lowest BCUT2D eigenvalue weighted by molar-refractivity contribution is -0.116. The number of hydrogen-bond acceptors (Lipinski definition) is 4. The summed E-state index contributed by atoms with van der Waals surface area (Å²) in [4.78, 5) is 28.3. The molecule has 2 amide bonds. The molecular weight excluding hydrogens is 348 g/mol. The van der Waals surface area contributed by atoms with Gasteiger partial charge in [0.1, 0.15) is 6.10 Å². The van der Waals surface area contributed by atoms with Crippen molar-refractivity contribution < 1.29 is 14.3 Å². The Morgan fingerprint density at radius 1 is 1.31 bits per heavy atom. The number of aryl methyl sites for hydroxylation is 1. The summed E-state index contributed by atoms with van der Waals surface area (Å²) in [5.41, 5.74) is 1.58. The predicted molar refractivity (Wildman–Crippen MR) is 102 cm³/mol. The van der Waals surface area contributed by atoms with Crippen molar-refractivity contribution in [2.75, 3.05) is 19.7 Å². The minimum absolute atomic E-state index is 0.00764. The zero-order valence-electron chi connectivity index (χ0n) is 14.7. The van der Waals surface area contributed by atoms with Crippen LogP contribution in [0.25, 0.3) is 0 Å². The van der Waals surface area contributed by atoms with E-state index in [9.17, 15) is 9.59 Å². The van der Waals surface area contributed by atoms with E-state index in [0.29, 0.717) is 31.8 Å². The molecule has 1 aliphatic rings. The number of thiophene rings is 1. The van der Waals surface area contributed by atoms with Gasteiger partial charge in [-0.25, -0.2) is 0 Å². The zero-order chi connectivity index (χ0) is 18.5. The van der Waals surface area contributed by atoms with E-state index in [-0.39, 0.29) is 17.9 Å². The van der Waals surface area contributed by atoms with Crippen molar-refractivity contribution in [2.24, 2.45) is 0 Å². The number of carbonyl (C=O) groups is 2. The summed E-state index contributed by atoms with van der Waals surface area (Å²) in [5, 5.41) is 2.72. The minimum atomic E-state index is -0.215. The molecule has 1 unspecified atom stereocenters. The highest BCUT2D eigenvalue weighted by atomic mass is 32.1. The van der Waals surface area contributed by atoms with Crippen LogP contribution in [0.2, 0.25) is 0 Å². The Hall–Kier alpha value is -2.44. The van der Waals surface area contributed by atoms with Gasteiger partial charge >= 0.3 is 0 Å². The number of amides is 2. The summed E-state index contributed by atoms with van der Waals surface area (Å²) in [5.74, 6) is -0.207. The molecule has 1 aromatic heterocycles. The number of rotatable bonds is 5. The van der Waals surface area contributed by atoms with E-state index < -0.39 is 0 Å². The van der Waals surface area contributed by atoms with E-state index in [4.69, 9.17) is 4.74 Å². The SMILES string of the molecule is C=CC(=O)NCc1ccc(C(=O)N2CCOC(c3ccc(C)s3)C2)cc1. The van der Waals surface area contributed by atoms with Gasteiger partial charge in [-0.05, 0) is 42.8 Å². The second-order valence-corrected chi connectivity index (χ2v) is 7.50. The Morgan fingerprint density at radius 2 is 2.08 bits per heavy atom. The fourth-order valence-electron chi connectivity index (χ4n) is 2.84. The lowest BCUT2D eigenvalue weighted by atomic mass is 10.1. The number of nitrogens with one attached hydrogen (secondary N) is 1. The first-order valence-electron chi connectivity index (χ1n) is 8.53. The average Bonchev–Trinajstić information content (AvgIpc) is 3.12. The fraction of sp³-hybridized carbons (Fsp3) is 0.300. The highest BCUT2D eigenvalue weighted by Gasteiger charge is 2.26. The average molecular weight is 370 g/mol. The molecule has 2 heterocycles. The van der Waals surface area contributed by atoms with Crippen LogP contribution < -0.4 is 5.32 Å². The first-order chi connectivity index (χ1) is 12.6. The van der Waals surface area contributed by atoms with Crippen LogP contribution in [0.5, 0.6) is 0 Å². The van der Waals surface area contributed by atoms with Crippen LogP contribution in [0.4, 0.5) is 0 Å². The number of hydrogen-bond donors (Lipinski definition) is 1. The first kappa shape index (κ1) is 18.4. The van der Waals surface area contributed by atoms with Gasteiger partial charge in [-0.2, -0.15) is 0 Å². The molecule has 1 atom stereocenters. The Balaban J connectivity index is 1.62. The molecule has 0 radical (unpaired) electrons. The van der Waals surface area contributed by atoms with Crippen LogP contribution in [0.1, 0.15) is 31.8 Å². The van der Waals surface area contributed by atoms with Gasteiger partial charge in [0, 0.05) is 28.4 Å². The summed E-state index contributed by atoms with van der Waals surface area (Å²) < 4.78 is 5.85. The third kappa shape index (κ3) is 4.39. The van der Waals surface area contributed by atoms with Crippen LogP contribution >= 0.6 is 11.3 Å². The zero-order valence-corrected chi connectivity index (χ0v) is 15.6. The van der Waals surface area contributed by atoms with Gasteiger partial charge < -0.3 is 15.0 Å². The van der Waals surface area contributed by atoms with E-state index in [1.54, 1.807) is 23.5 Å². The summed E-state index contributed by atoms with van der Waals surface area (Å²) in [6, 6.07) is 11.5. The number of benzene rings is 1. The third-order valence-corrected chi connectivity index (χ3v) is 5.38. The molecule has 136 valence electrons. The van der Waals surface area contributed by atoms with Gasteiger partial charge in [-0.15, -0.1) is 11.3 Å². The van der Waals surface area contributed by atoms with Crippen molar-refractivity contribution in [3.8, 4) is 0 Å².